The van der Waals surface area contributed by atoms with Gasteiger partial charge in [-0.3, -0.25) is 0 Å². The van der Waals surface area contributed by atoms with E-state index in [1.54, 1.807) is 11.3 Å². The third kappa shape index (κ3) is 2.20. The Morgan fingerprint density at radius 2 is 2.00 bits per heavy atom. The van der Waals surface area contributed by atoms with E-state index in [1.807, 2.05) is 11.4 Å². The Morgan fingerprint density at radius 1 is 1.21 bits per heavy atom. The van der Waals surface area contributed by atoms with Gasteiger partial charge in [-0.25, -0.2) is 12.8 Å². The van der Waals surface area contributed by atoms with Gasteiger partial charge in [0.15, 0.2) is 0 Å². The van der Waals surface area contributed by atoms with Crippen LogP contribution in [0.3, 0.4) is 0 Å². The second-order valence-corrected chi connectivity index (χ2v) is 7.30. The number of sulfonamides is 1. The van der Waals surface area contributed by atoms with Crippen LogP contribution < -0.4 is 0 Å². The largest absolute Gasteiger partial charge is 0.246 e. The molecule has 0 saturated heterocycles. The summed E-state index contributed by atoms with van der Waals surface area (Å²) in [5, 5.41) is 1.96. The molecule has 3 rings (SSSR count). The molecule has 0 amide bonds. The Balaban J connectivity index is 1.97. The zero-order valence-electron chi connectivity index (χ0n) is 10.0. The molecular weight excluding hydrogens is 285 g/mol. The van der Waals surface area contributed by atoms with Crippen LogP contribution in [-0.4, -0.2) is 19.3 Å². The van der Waals surface area contributed by atoms with E-state index < -0.39 is 15.8 Å². The van der Waals surface area contributed by atoms with Gasteiger partial charge in [-0.1, -0.05) is 12.1 Å². The summed E-state index contributed by atoms with van der Waals surface area (Å²) in [6.45, 7) is 0.736. The SMILES string of the molecule is O=S(=O)(c1ccccc1F)N1CCc2sccc2C1. The smallest absolute Gasteiger partial charge is 0.207 e. The molecule has 1 aromatic carbocycles. The van der Waals surface area contributed by atoms with Crippen LogP contribution in [0.2, 0.25) is 0 Å². The van der Waals surface area contributed by atoms with Crippen molar-refractivity contribution in [3.05, 3.63) is 52.0 Å². The molecule has 0 radical (unpaired) electrons. The zero-order valence-corrected chi connectivity index (χ0v) is 11.7. The molecule has 0 unspecified atom stereocenters. The molecule has 100 valence electrons. The molecule has 0 spiro atoms. The minimum absolute atomic E-state index is 0.242. The van der Waals surface area contributed by atoms with Gasteiger partial charge in [-0.15, -0.1) is 11.3 Å². The third-order valence-corrected chi connectivity index (χ3v) is 6.13. The number of nitrogens with zero attached hydrogens (tertiary/aromatic N) is 1. The monoisotopic (exact) mass is 297 g/mol. The lowest BCUT2D eigenvalue weighted by molar-refractivity contribution is 0.391. The molecule has 1 aromatic heterocycles. The van der Waals surface area contributed by atoms with Gasteiger partial charge in [-0.2, -0.15) is 4.31 Å². The van der Waals surface area contributed by atoms with Gasteiger partial charge >= 0.3 is 0 Å². The number of rotatable bonds is 2. The summed E-state index contributed by atoms with van der Waals surface area (Å²) in [5.74, 6) is -0.696. The van der Waals surface area contributed by atoms with E-state index in [-0.39, 0.29) is 4.90 Å². The fourth-order valence-electron chi connectivity index (χ4n) is 2.22. The Labute approximate surface area is 115 Å². The molecule has 6 heteroatoms. The van der Waals surface area contributed by atoms with E-state index in [1.165, 1.54) is 33.4 Å². The van der Waals surface area contributed by atoms with Crippen molar-refractivity contribution in [1.29, 1.82) is 0 Å². The van der Waals surface area contributed by atoms with Crippen LogP contribution in [0.15, 0.2) is 40.6 Å². The predicted octanol–water partition coefficient (Wildman–Crippen LogP) is 2.63. The van der Waals surface area contributed by atoms with Crippen molar-refractivity contribution in [3.63, 3.8) is 0 Å². The van der Waals surface area contributed by atoms with Crippen LogP contribution in [0.4, 0.5) is 4.39 Å². The Hall–Kier alpha value is -1.24. The molecule has 0 bridgehead atoms. The molecule has 1 aliphatic heterocycles. The summed E-state index contributed by atoms with van der Waals surface area (Å²) in [6.07, 6.45) is 0.695. The first-order chi connectivity index (χ1) is 9.09. The highest BCUT2D eigenvalue weighted by Gasteiger charge is 2.30. The van der Waals surface area contributed by atoms with Crippen LogP contribution in [0.25, 0.3) is 0 Å². The number of hydrogen-bond donors (Lipinski definition) is 0. The van der Waals surface area contributed by atoms with Gasteiger partial charge < -0.3 is 0 Å². The van der Waals surface area contributed by atoms with E-state index in [0.29, 0.717) is 19.5 Å². The van der Waals surface area contributed by atoms with E-state index in [2.05, 4.69) is 0 Å². The molecule has 0 aliphatic carbocycles. The topological polar surface area (TPSA) is 37.4 Å². The summed E-state index contributed by atoms with van der Waals surface area (Å²) in [7, 11) is -3.75. The molecule has 2 heterocycles. The van der Waals surface area contributed by atoms with Crippen LogP contribution in [-0.2, 0) is 23.0 Å². The van der Waals surface area contributed by atoms with Crippen molar-refractivity contribution < 1.29 is 12.8 Å². The highest BCUT2D eigenvalue weighted by atomic mass is 32.2. The lowest BCUT2D eigenvalue weighted by Gasteiger charge is -2.26. The van der Waals surface area contributed by atoms with Crippen LogP contribution >= 0.6 is 11.3 Å². The fourth-order valence-corrected chi connectivity index (χ4v) is 4.59. The quantitative estimate of drug-likeness (QED) is 0.854. The van der Waals surface area contributed by atoms with Crippen molar-refractivity contribution in [3.8, 4) is 0 Å². The number of benzene rings is 1. The van der Waals surface area contributed by atoms with E-state index >= 15 is 0 Å². The van der Waals surface area contributed by atoms with Gasteiger partial charge in [-0.05, 0) is 35.6 Å². The summed E-state index contributed by atoms with van der Waals surface area (Å²) in [6, 6.07) is 7.45. The predicted molar refractivity (Wildman–Crippen MR) is 72.0 cm³/mol. The van der Waals surface area contributed by atoms with Crippen molar-refractivity contribution in [2.45, 2.75) is 17.9 Å². The second-order valence-electron chi connectivity index (χ2n) is 4.39. The summed E-state index contributed by atoms with van der Waals surface area (Å²) in [4.78, 5) is 0.980. The normalized spacial score (nSPS) is 16.3. The summed E-state index contributed by atoms with van der Waals surface area (Å²) in [5.41, 5.74) is 1.02. The van der Waals surface area contributed by atoms with E-state index in [9.17, 15) is 12.8 Å². The maximum atomic E-state index is 13.7. The standard InChI is InChI=1S/C13H12FNO2S2/c14-11-3-1-2-4-13(11)19(16,17)15-7-5-12-10(9-15)6-8-18-12/h1-4,6,8H,5,7,9H2. The average Bonchev–Trinajstić information content (AvgIpc) is 2.86. The average molecular weight is 297 g/mol. The van der Waals surface area contributed by atoms with E-state index in [0.717, 1.165) is 5.56 Å². The molecule has 2 aromatic rings. The maximum absolute atomic E-state index is 13.7. The summed E-state index contributed by atoms with van der Waals surface area (Å²) < 4.78 is 39.9. The minimum atomic E-state index is -3.75. The molecular formula is C13H12FNO2S2. The third-order valence-electron chi connectivity index (χ3n) is 3.23. The lowest BCUT2D eigenvalue weighted by atomic mass is 10.1. The molecule has 19 heavy (non-hydrogen) atoms. The first-order valence-corrected chi connectivity index (χ1v) is 8.21. The van der Waals surface area contributed by atoms with Gasteiger partial charge in [0.05, 0.1) is 0 Å². The molecule has 0 atom stereocenters. The van der Waals surface area contributed by atoms with Crippen molar-refractivity contribution in [2.24, 2.45) is 0 Å². The Kier molecular flexibility index (Phi) is 3.16. The molecule has 3 nitrogen and oxygen atoms in total. The van der Waals surface area contributed by atoms with Gasteiger partial charge in [0, 0.05) is 18.0 Å². The Bertz CT molecular complexity index is 709. The van der Waals surface area contributed by atoms with Gasteiger partial charge in [0.25, 0.3) is 0 Å². The van der Waals surface area contributed by atoms with Gasteiger partial charge in [0.1, 0.15) is 10.7 Å². The highest BCUT2D eigenvalue weighted by molar-refractivity contribution is 7.89. The maximum Gasteiger partial charge on any atom is 0.246 e. The molecule has 1 aliphatic rings. The summed E-state index contributed by atoms with van der Waals surface area (Å²) >= 11 is 1.64. The van der Waals surface area contributed by atoms with Crippen molar-refractivity contribution in [2.75, 3.05) is 6.54 Å². The number of hydrogen-bond acceptors (Lipinski definition) is 3. The van der Waals surface area contributed by atoms with Gasteiger partial charge in [0.2, 0.25) is 10.0 Å². The minimum Gasteiger partial charge on any atom is -0.207 e. The number of halogens is 1. The fraction of sp³-hybridized carbons (Fsp3) is 0.231. The Morgan fingerprint density at radius 3 is 2.79 bits per heavy atom. The van der Waals surface area contributed by atoms with Crippen LogP contribution in [0, 0.1) is 5.82 Å². The first-order valence-electron chi connectivity index (χ1n) is 5.89. The molecule has 0 fully saturated rings. The van der Waals surface area contributed by atoms with Crippen molar-refractivity contribution >= 4 is 21.4 Å². The van der Waals surface area contributed by atoms with Crippen molar-refractivity contribution in [1.82, 2.24) is 4.31 Å². The second kappa shape index (κ2) is 4.70. The first kappa shape index (κ1) is 12.8. The number of thiophene rings is 1. The molecule has 0 saturated carbocycles. The van der Waals surface area contributed by atoms with Crippen LogP contribution in [0.5, 0.6) is 0 Å². The number of fused-ring (bicyclic) bond motifs is 1. The lowest BCUT2D eigenvalue weighted by Crippen LogP contribution is -2.35. The zero-order chi connectivity index (χ0) is 13.5. The van der Waals surface area contributed by atoms with Crippen LogP contribution in [0.1, 0.15) is 10.4 Å². The highest BCUT2D eigenvalue weighted by Crippen LogP contribution is 2.28. The molecule has 0 N–H and O–H groups in total. The van der Waals surface area contributed by atoms with E-state index in [4.69, 9.17) is 0 Å².